The number of likely N-dealkylation sites (tertiary alicyclic amines) is 2. The third-order valence-corrected chi connectivity index (χ3v) is 9.78. The summed E-state index contributed by atoms with van der Waals surface area (Å²) in [6, 6.07) is 25.2. The van der Waals surface area contributed by atoms with Crippen molar-refractivity contribution in [3.63, 3.8) is 0 Å². The van der Waals surface area contributed by atoms with Crippen LogP contribution in [0.2, 0.25) is 0 Å². The summed E-state index contributed by atoms with van der Waals surface area (Å²) in [5, 5.41) is 2.26. The molecule has 2 atom stereocenters. The Balaban J connectivity index is 1.13. The Bertz CT molecular complexity index is 1330. The molecular weight excluding hydrogens is 510 g/mol. The number of hydrogen-bond donors (Lipinski definition) is 0. The molecule has 2 amide bonds. The van der Waals surface area contributed by atoms with E-state index in [9.17, 15) is 9.59 Å². The summed E-state index contributed by atoms with van der Waals surface area (Å²) in [4.78, 5) is 33.1. The van der Waals surface area contributed by atoms with Gasteiger partial charge < -0.3 is 19.4 Å². The summed E-state index contributed by atoms with van der Waals surface area (Å²) in [5.41, 5.74) is 2.08. The Morgan fingerprint density at radius 3 is 2.29 bits per heavy atom. The number of ether oxygens (including phenoxy) is 1. The van der Waals surface area contributed by atoms with Crippen molar-refractivity contribution in [2.75, 3.05) is 46.4 Å². The number of piperidine rings is 1. The molecule has 0 aromatic heterocycles. The molecule has 2 heterocycles. The van der Waals surface area contributed by atoms with Crippen molar-refractivity contribution >= 4 is 22.8 Å². The lowest BCUT2D eigenvalue weighted by Crippen LogP contribution is -2.49. The maximum absolute atomic E-state index is 13.7. The maximum atomic E-state index is 13.7. The standard InChI is InChI=1S/C35H43N3O3/c1-41-35(40)38(22-26-9-5-6-10-26)32-17-19-36(20-18-32)23-31-24-37(25-33(31)28-12-3-2-4-13-28)34(39)30-16-15-27-11-7-8-14-29(27)21-30/h2-4,7-8,11-16,21,26,31-33H,5-6,9-10,17-20,22-25H2,1H3/t31-,33+/m0/s1. The first-order chi connectivity index (χ1) is 20.1. The highest BCUT2D eigenvalue weighted by molar-refractivity contribution is 5.98. The fourth-order valence-corrected chi connectivity index (χ4v) is 7.51. The minimum absolute atomic E-state index is 0.124. The molecule has 6 nitrogen and oxygen atoms in total. The molecule has 0 N–H and O–H groups in total. The van der Waals surface area contributed by atoms with Crippen molar-refractivity contribution in [2.45, 2.75) is 50.5 Å². The Morgan fingerprint density at radius 2 is 1.56 bits per heavy atom. The molecule has 6 heteroatoms. The van der Waals surface area contributed by atoms with Crippen molar-refractivity contribution in [2.24, 2.45) is 11.8 Å². The van der Waals surface area contributed by atoms with Crippen LogP contribution in [0.1, 0.15) is 60.4 Å². The molecule has 2 aliphatic heterocycles. The number of carbonyl (C=O) groups is 2. The zero-order valence-corrected chi connectivity index (χ0v) is 24.3. The number of benzene rings is 3. The Hall–Kier alpha value is -3.38. The van der Waals surface area contributed by atoms with Gasteiger partial charge in [0.15, 0.2) is 0 Å². The normalized spacial score (nSPS) is 22.3. The highest BCUT2D eigenvalue weighted by atomic mass is 16.5. The topological polar surface area (TPSA) is 53.1 Å². The van der Waals surface area contributed by atoms with Gasteiger partial charge in [0.25, 0.3) is 5.91 Å². The smallest absolute Gasteiger partial charge is 0.409 e. The van der Waals surface area contributed by atoms with Gasteiger partial charge in [-0.25, -0.2) is 4.79 Å². The molecule has 3 aromatic rings. The van der Waals surface area contributed by atoms with Crippen LogP contribution < -0.4 is 0 Å². The first kappa shape index (κ1) is 27.8. The second kappa shape index (κ2) is 12.6. The average molecular weight is 554 g/mol. The van der Waals surface area contributed by atoms with E-state index >= 15 is 0 Å². The molecule has 3 aromatic carbocycles. The SMILES string of the molecule is COC(=O)N(CC1CCCC1)C1CCN(C[C@H]2CN(C(=O)c3ccc4ccccc4c3)C[C@@H]2c2ccccc2)CC1. The first-order valence-corrected chi connectivity index (χ1v) is 15.5. The van der Waals surface area contributed by atoms with Crippen molar-refractivity contribution in [1.82, 2.24) is 14.7 Å². The molecule has 3 aliphatic rings. The minimum Gasteiger partial charge on any atom is -0.453 e. The van der Waals surface area contributed by atoms with Crippen LogP contribution in [0, 0.1) is 11.8 Å². The van der Waals surface area contributed by atoms with Gasteiger partial charge in [0.1, 0.15) is 0 Å². The van der Waals surface area contributed by atoms with Crippen molar-refractivity contribution in [1.29, 1.82) is 0 Å². The van der Waals surface area contributed by atoms with Crippen LogP contribution in [0.15, 0.2) is 72.8 Å². The van der Waals surface area contributed by atoms with Gasteiger partial charge in [0, 0.05) is 56.8 Å². The van der Waals surface area contributed by atoms with Crippen LogP contribution in [-0.2, 0) is 4.74 Å². The van der Waals surface area contributed by atoms with Crippen LogP contribution in [0.25, 0.3) is 10.8 Å². The van der Waals surface area contributed by atoms with Crippen molar-refractivity contribution in [3.8, 4) is 0 Å². The summed E-state index contributed by atoms with van der Waals surface area (Å²) in [6.07, 6.45) is 6.80. The van der Waals surface area contributed by atoms with E-state index < -0.39 is 0 Å². The summed E-state index contributed by atoms with van der Waals surface area (Å²) >= 11 is 0. The predicted molar refractivity (Wildman–Crippen MR) is 163 cm³/mol. The molecule has 6 rings (SSSR count). The molecule has 41 heavy (non-hydrogen) atoms. The van der Waals surface area contributed by atoms with Crippen LogP contribution in [0.4, 0.5) is 4.79 Å². The molecule has 0 radical (unpaired) electrons. The number of nitrogens with zero attached hydrogens (tertiary/aromatic N) is 3. The van der Waals surface area contributed by atoms with Crippen LogP contribution in [0.3, 0.4) is 0 Å². The lowest BCUT2D eigenvalue weighted by Gasteiger charge is -2.40. The second-order valence-electron chi connectivity index (χ2n) is 12.4. The Kier molecular flexibility index (Phi) is 8.56. The van der Waals surface area contributed by atoms with E-state index in [4.69, 9.17) is 4.74 Å². The molecule has 0 bridgehead atoms. The molecule has 0 spiro atoms. The third-order valence-electron chi connectivity index (χ3n) is 9.78. The molecule has 1 saturated carbocycles. The number of carbonyl (C=O) groups excluding carboxylic acids is 2. The first-order valence-electron chi connectivity index (χ1n) is 15.5. The molecule has 3 fully saturated rings. The number of amides is 2. The summed E-state index contributed by atoms with van der Waals surface area (Å²) in [5.74, 6) is 1.42. The number of hydrogen-bond acceptors (Lipinski definition) is 4. The van der Waals surface area contributed by atoms with Gasteiger partial charge >= 0.3 is 6.09 Å². The molecule has 0 unspecified atom stereocenters. The lowest BCUT2D eigenvalue weighted by atomic mass is 9.88. The van der Waals surface area contributed by atoms with Gasteiger partial charge in [-0.1, -0.05) is 73.5 Å². The molecular formula is C35H43N3O3. The molecule has 2 saturated heterocycles. The van der Waals surface area contributed by atoms with Crippen molar-refractivity contribution < 1.29 is 14.3 Å². The highest BCUT2D eigenvalue weighted by Gasteiger charge is 2.38. The van der Waals surface area contributed by atoms with Gasteiger partial charge in [-0.3, -0.25) is 4.79 Å². The Morgan fingerprint density at radius 1 is 0.854 bits per heavy atom. The van der Waals surface area contributed by atoms with Crippen LogP contribution in [-0.4, -0.2) is 79.1 Å². The predicted octanol–water partition coefficient (Wildman–Crippen LogP) is 6.42. The fraction of sp³-hybridized carbons (Fsp3) is 0.486. The zero-order chi connectivity index (χ0) is 28.2. The van der Waals surface area contributed by atoms with E-state index in [1.165, 1.54) is 38.4 Å². The van der Waals surface area contributed by atoms with E-state index in [1.54, 1.807) is 0 Å². The summed E-state index contributed by atoms with van der Waals surface area (Å²) < 4.78 is 5.20. The van der Waals surface area contributed by atoms with Gasteiger partial charge in [0.2, 0.25) is 0 Å². The van der Waals surface area contributed by atoms with E-state index in [1.807, 2.05) is 29.2 Å². The third kappa shape index (κ3) is 6.28. The Labute approximate surface area is 244 Å². The fourth-order valence-electron chi connectivity index (χ4n) is 7.51. The average Bonchev–Trinajstić information content (AvgIpc) is 3.70. The zero-order valence-electron chi connectivity index (χ0n) is 24.3. The van der Waals surface area contributed by atoms with E-state index in [0.717, 1.165) is 68.4 Å². The number of rotatable bonds is 7. The van der Waals surface area contributed by atoms with Gasteiger partial charge in [0.05, 0.1) is 7.11 Å². The van der Waals surface area contributed by atoms with Crippen LogP contribution >= 0.6 is 0 Å². The molecule has 1 aliphatic carbocycles. The van der Waals surface area contributed by atoms with E-state index in [2.05, 4.69) is 58.3 Å². The monoisotopic (exact) mass is 553 g/mol. The summed E-state index contributed by atoms with van der Waals surface area (Å²) in [7, 11) is 1.51. The lowest BCUT2D eigenvalue weighted by molar-refractivity contribution is 0.0658. The van der Waals surface area contributed by atoms with E-state index in [0.29, 0.717) is 17.8 Å². The number of methoxy groups -OCH3 is 1. The number of fused-ring (bicyclic) bond motifs is 1. The van der Waals surface area contributed by atoms with Crippen molar-refractivity contribution in [3.05, 3.63) is 83.9 Å². The minimum atomic E-state index is -0.168. The maximum Gasteiger partial charge on any atom is 0.409 e. The quantitative estimate of drug-likeness (QED) is 0.339. The second-order valence-corrected chi connectivity index (χ2v) is 12.4. The van der Waals surface area contributed by atoms with E-state index in [-0.39, 0.29) is 18.0 Å². The molecule has 216 valence electrons. The summed E-state index contributed by atoms with van der Waals surface area (Å²) in [6.45, 7) is 5.25. The largest absolute Gasteiger partial charge is 0.453 e. The van der Waals surface area contributed by atoms with Gasteiger partial charge in [-0.15, -0.1) is 0 Å². The van der Waals surface area contributed by atoms with Crippen LogP contribution in [0.5, 0.6) is 0 Å². The van der Waals surface area contributed by atoms with Gasteiger partial charge in [-0.2, -0.15) is 0 Å². The highest BCUT2D eigenvalue weighted by Crippen LogP contribution is 2.35. The van der Waals surface area contributed by atoms with Gasteiger partial charge in [-0.05, 0) is 66.0 Å².